The van der Waals surface area contributed by atoms with E-state index in [1.165, 1.54) is 6.42 Å². The number of carbonyl (C=O) groups is 3. The van der Waals surface area contributed by atoms with Crippen molar-refractivity contribution in [2.24, 2.45) is 11.8 Å². The first-order valence-electron chi connectivity index (χ1n) is 14.5. The highest BCUT2D eigenvalue weighted by Gasteiger charge is 2.76. The van der Waals surface area contributed by atoms with Gasteiger partial charge in [0.2, 0.25) is 17.7 Å². The molecule has 9 nitrogen and oxygen atoms in total. The fraction of sp³-hybridized carbons (Fsp3) is 0.690. The number of amides is 3. The molecule has 3 heterocycles. The molecule has 10 heteroatoms. The van der Waals surface area contributed by atoms with Crippen molar-refractivity contribution in [2.75, 3.05) is 25.1 Å². The maximum Gasteiger partial charge on any atom is 0.246 e. The molecule has 1 aromatic rings. The molecule has 3 amide bonds. The predicted molar refractivity (Wildman–Crippen MR) is 150 cm³/mol. The minimum atomic E-state index is -1.05. The van der Waals surface area contributed by atoms with Crippen LogP contribution in [0.3, 0.4) is 0 Å². The van der Waals surface area contributed by atoms with Gasteiger partial charge in [0.25, 0.3) is 0 Å². The van der Waals surface area contributed by atoms with Crippen LogP contribution in [0.1, 0.15) is 64.7 Å². The number of carbonyl (C=O) groups excluding carboxylic acids is 3. The molecule has 1 aromatic carbocycles. The standard InChI is InChI=1S/C29H40BrN3O6/c1-2-38-20-13-11-19(12-14-20)31-26(35)22-23-28(37)33(15-7-4-8-16-34)25(29(23)17-21(30)24(22)39-29)27(36)32-18-9-5-3-6-10-18/h11-14,18,21-25,34H,2-10,15-17H2,1H3,(H,31,35)(H,32,36)/t21?,22-,23+,24-,25?,29?/m1/s1. The van der Waals surface area contributed by atoms with Gasteiger partial charge in [-0.05, 0) is 69.7 Å². The van der Waals surface area contributed by atoms with Gasteiger partial charge >= 0.3 is 0 Å². The zero-order chi connectivity index (χ0) is 27.6. The normalized spacial score (nSPS) is 31.8. The van der Waals surface area contributed by atoms with E-state index in [1.54, 1.807) is 29.2 Å². The number of aliphatic hydroxyl groups is 1. The van der Waals surface area contributed by atoms with Gasteiger partial charge in [0.15, 0.2) is 0 Å². The molecule has 0 aromatic heterocycles. The summed E-state index contributed by atoms with van der Waals surface area (Å²) in [7, 11) is 0. The summed E-state index contributed by atoms with van der Waals surface area (Å²) in [5.74, 6) is -1.35. The van der Waals surface area contributed by atoms with E-state index in [-0.39, 0.29) is 35.2 Å². The Kier molecular flexibility index (Phi) is 8.83. The van der Waals surface area contributed by atoms with E-state index in [2.05, 4.69) is 26.6 Å². The molecule has 39 heavy (non-hydrogen) atoms. The van der Waals surface area contributed by atoms with E-state index in [1.807, 2.05) is 6.92 Å². The SMILES string of the molecule is CCOc1ccc(NC(=O)[C@H]2[C@@H]3OC4(CC3Br)C(C(=O)NC3CCCCC3)N(CCCCCO)C(=O)[C@H]24)cc1. The number of benzene rings is 1. The van der Waals surface area contributed by atoms with Crippen molar-refractivity contribution in [1.82, 2.24) is 10.2 Å². The highest BCUT2D eigenvalue weighted by Crippen LogP contribution is 2.60. The van der Waals surface area contributed by atoms with E-state index in [0.717, 1.165) is 32.1 Å². The lowest BCUT2D eigenvalue weighted by atomic mass is 9.70. The molecule has 214 valence electrons. The van der Waals surface area contributed by atoms with Crippen LogP contribution in [0.4, 0.5) is 5.69 Å². The molecule has 4 aliphatic rings. The van der Waals surface area contributed by atoms with Gasteiger partial charge in [-0.2, -0.15) is 0 Å². The van der Waals surface area contributed by atoms with Crippen molar-refractivity contribution in [3.05, 3.63) is 24.3 Å². The summed E-state index contributed by atoms with van der Waals surface area (Å²) in [4.78, 5) is 43.2. The summed E-state index contributed by atoms with van der Waals surface area (Å²) in [6, 6.07) is 6.48. The molecule has 6 atom stereocenters. The Labute approximate surface area is 238 Å². The number of hydrogen-bond acceptors (Lipinski definition) is 6. The maximum atomic E-state index is 14.0. The number of likely N-dealkylation sites (tertiary alicyclic amines) is 1. The molecular weight excluding hydrogens is 566 g/mol. The molecule has 1 saturated carbocycles. The van der Waals surface area contributed by atoms with Gasteiger partial charge in [-0.25, -0.2) is 0 Å². The quantitative estimate of drug-likeness (QED) is 0.263. The van der Waals surface area contributed by atoms with Crippen LogP contribution >= 0.6 is 15.9 Å². The van der Waals surface area contributed by atoms with Crippen LogP contribution in [0.5, 0.6) is 5.75 Å². The largest absolute Gasteiger partial charge is 0.494 e. The highest BCUT2D eigenvalue weighted by atomic mass is 79.9. The van der Waals surface area contributed by atoms with Crippen LogP contribution < -0.4 is 15.4 Å². The van der Waals surface area contributed by atoms with E-state index < -0.39 is 29.6 Å². The molecule has 0 radical (unpaired) electrons. The third-order valence-corrected chi connectivity index (χ3v) is 9.63. The zero-order valence-electron chi connectivity index (χ0n) is 22.6. The number of anilines is 1. The molecule has 3 saturated heterocycles. The highest BCUT2D eigenvalue weighted by molar-refractivity contribution is 9.09. The van der Waals surface area contributed by atoms with E-state index in [0.29, 0.717) is 43.9 Å². The van der Waals surface area contributed by atoms with Crippen LogP contribution in [-0.2, 0) is 19.1 Å². The maximum absolute atomic E-state index is 14.0. The lowest BCUT2D eigenvalue weighted by Gasteiger charge is -2.35. The minimum Gasteiger partial charge on any atom is -0.494 e. The number of hydrogen-bond donors (Lipinski definition) is 3. The first kappa shape index (κ1) is 28.4. The van der Waals surface area contributed by atoms with Gasteiger partial charge in [-0.15, -0.1) is 0 Å². The van der Waals surface area contributed by atoms with Crippen molar-refractivity contribution in [3.63, 3.8) is 0 Å². The van der Waals surface area contributed by atoms with Crippen molar-refractivity contribution in [2.45, 2.75) is 93.3 Å². The van der Waals surface area contributed by atoms with Gasteiger partial charge in [-0.3, -0.25) is 14.4 Å². The van der Waals surface area contributed by atoms with Crippen LogP contribution in [0.2, 0.25) is 0 Å². The second kappa shape index (κ2) is 12.1. The molecule has 4 fully saturated rings. The average molecular weight is 607 g/mol. The van der Waals surface area contributed by atoms with Crippen molar-refractivity contribution < 1.29 is 29.0 Å². The molecule has 3 unspecified atom stereocenters. The number of halogens is 1. The number of fused-ring (bicyclic) bond motifs is 1. The van der Waals surface area contributed by atoms with Gasteiger partial charge in [0.1, 0.15) is 17.4 Å². The summed E-state index contributed by atoms with van der Waals surface area (Å²) in [5, 5.41) is 15.4. The Morgan fingerprint density at radius 3 is 2.56 bits per heavy atom. The Bertz CT molecular complexity index is 1050. The number of alkyl halides is 1. The smallest absolute Gasteiger partial charge is 0.246 e. The third-order valence-electron chi connectivity index (χ3n) is 8.78. The Balaban J connectivity index is 1.40. The fourth-order valence-electron chi connectivity index (χ4n) is 7.09. The van der Waals surface area contributed by atoms with E-state index in [9.17, 15) is 19.5 Å². The summed E-state index contributed by atoms with van der Waals surface area (Å²) < 4.78 is 12.1. The first-order chi connectivity index (χ1) is 18.9. The molecule has 5 rings (SSSR count). The fourth-order valence-corrected chi connectivity index (χ4v) is 8.04. The van der Waals surface area contributed by atoms with Crippen LogP contribution in [0.15, 0.2) is 24.3 Å². The van der Waals surface area contributed by atoms with Crippen molar-refractivity contribution in [1.29, 1.82) is 0 Å². The number of unbranched alkanes of at least 4 members (excludes halogenated alkanes) is 2. The molecule has 1 spiro atoms. The molecule has 1 aliphatic carbocycles. The summed E-state index contributed by atoms with van der Waals surface area (Å²) in [5.41, 5.74) is -0.434. The van der Waals surface area contributed by atoms with E-state index in [4.69, 9.17) is 9.47 Å². The van der Waals surface area contributed by atoms with Gasteiger partial charge in [0.05, 0.1) is 24.5 Å². The van der Waals surface area contributed by atoms with Crippen molar-refractivity contribution in [3.8, 4) is 5.75 Å². The number of nitrogens with one attached hydrogen (secondary N) is 2. The monoisotopic (exact) mass is 605 g/mol. The van der Waals surface area contributed by atoms with Crippen LogP contribution in [0.25, 0.3) is 0 Å². The summed E-state index contributed by atoms with van der Waals surface area (Å²) in [6.45, 7) is 2.95. The number of rotatable bonds is 11. The number of aliphatic hydroxyl groups excluding tert-OH is 1. The Hall–Kier alpha value is -2.17. The second-order valence-electron chi connectivity index (χ2n) is 11.3. The minimum absolute atomic E-state index is 0.0932. The first-order valence-corrected chi connectivity index (χ1v) is 15.4. The van der Waals surface area contributed by atoms with Gasteiger partial charge in [-0.1, -0.05) is 35.2 Å². The Morgan fingerprint density at radius 1 is 1.13 bits per heavy atom. The topological polar surface area (TPSA) is 117 Å². The predicted octanol–water partition coefficient (Wildman–Crippen LogP) is 3.38. The average Bonchev–Trinajstić information content (AvgIpc) is 3.52. The lowest BCUT2D eigenvalue weighted by molar-refractivity contribution is -0.141. The lowest BCUT2D eigenvalue weighted by Crippen LogP contribution is -2.57. The van der Waals surface area contributed by atoms with Crippen LogP contribution in [-0.4, -0.2) is 76.1 Å². The molecule has 2 bridgehead atoms. The van der Waals surface area contributed by atoms with Gasteiger partial charge < -0.3 is 30.1 Å². The molecular formula is C29H40BrN3O6. The third kappa shape index (κ3) is 5.44. The molecule has 3 N–H and O–H groups in total. The van der Waals surface area contributed by atoms with Crippen LogP contribution in [0, 0.1) is 11.8 Å². The zero-order valence-corrected chi connectivity index (χ0v) is 24.2. The van der Waals surface area contributed by atoms with Crippen molar-refractivity contribution >= 4 is 39.3 Å². The number of nitrogens with zero attached hydrogens (tertiary/aromatic N) is 1. The summed E-state index contributed by atoms with van der Waals surface area (Å²) in [6.07, 6.45) is 7.30. The van der Waals surface area contributed by atoms with Gasteiger partial charge in [0, 0.05) is 29.7 Å². The second-order valence-corrected chi connectivity index (χ2v) is 12.4. The number of ether oxygens (including phenoxy) is 2. The molecule has 3 aliphatic heterocycles. The Morgan fingerprint density at radius 2 is 1.87 bits per heavy atom. The van der Waals surface area contributed by atoms with E-state index >= 15 is 0 Å². The summed E-state index contributed by atoms with van der Waals surface area (Å²) >= 11 is 3.72.